The van der Waals surface area contributed by atoms with E-state index in [2.05, 4.69) is 53.2 Å². The Bertz CT molecular complexity index is 686. The van der Waals surface area contributed by atoms with Crippen molar-refractivity contribution >= 4 is 5.52 Å². The highest BCUT2D eigenvalue weighted by atomic mass is 16.5. The average molecular weight is 236 g/mol. The van der Waals surface area contributed by atoms with Crippen LogP contribution in [0, 0.1) is 0 Å². The van der Waals surface area contributed by atoms with Crippen LogP contribution in [0.5, 0.6) is 5.75 Å². The van der Waals surface area contributed by atoms with Crippen LogP contribution >= 0.6 is 0 Å². The normalized spacial score (nSPS) is 10.5. The van der Waals surface area contributed by atoms with Crippen LogP contribution in [0.1, 0.15) is 0 Å². The number of pyridine rings is 2. The van der Waals surface area contributed by atoms with Crippen molar-refractivity contribution in [3.8, 4) is 16.9 Å². The highest BCUT2D eigenvalue weighted by Crippen LogP contribution is 2.25. The van der Waals surface area contributed by atoms with Gasteiger partial charge >= 0.3 is 0 Å². The molecule has 2 heteroatoms. The third-order valence-corrected chi connectivity index (χ3v) is 3.06. The van der Waals surface area contributed by atoms with Crippen LogP contribution in [0.3, 0.4) is 0 Å². The van der Waals surface area contributed by atoms with E-state index in [1.54, 1.807) is 7.11 Å². The molecule has 2 heterocycles. The summed E-state index contributed by atoms with van der Waals surface area (Å²) in [6, 6.07) is 18.5. The molecule has 18 heavy (non-hydrogen) atoms. The molecule has 2 nitrogen and oxygen atoms in total. The SMILES string of the molecule is COc1cccc(-c2ccc[n+]3ccccc23)c1. The lowest BCUT2D eigenvalue weighted by atomic mass is 10.0. The van der Waals surface area contributed by atoms with Crippen LogP contribution in [-0.2, 0) is 0 Å². The van der Waals surface area contributed by atoms with E-state index in [1.807, 2.05) is 18.2 Å². The Kier molecular flexibility index (Phi) is 2.69. The minimum Gasteiger partial charge on any atom is -0.497 e. The van der Waals surface area contributed by atoms with Gasteiger partial charge in [-0.25, -0.2) is 0 Å². The van der Waals surface area contributed by atoms with Gasteiger partial charge in [-0.05, 0) is 29.8 Å². The van der Waals surface area contributed by atoms with E-state index < -0.39 is 0 Å². The number of methoxy groups -OCH3 is 1. The van der Waals surface area contributed by atoms with Crippen molar-refractivity contribution in [1.82, 2.24) is 0 Å². The maximum atomic E-state index is 5.28. The number of hydrogen-bond acceptors (Lipinski definition) is 1. The number of ether oxygens (including phenoxy) is 1. The third-order valence-electron chi connectivity index (χ3n) is 3.06. The topological polar surface area (TPSA) is 13.3 Å². The number of nitrogens with zero attached hydrogens (tertiary/aromatic N) is 1. The molecule has 2 aromatic heterocycles. The number of benzene rings is 1. The fraction of sp³-hybridized carbons (Fsp3) is 0.0625. The van der Waals surface area contributed by atoms with Gasteiger partial charge in [0.2, 0.25) is 5.52 Å². The largest absolute Gasteiger partial charge is 0.497 e. The van der Waals surface area contributed by atoms with Crippen molar-refractivity contribution in [3.63, 3.8) is 0 Å². The molecule has 0 saturated carbocycles. The zero-order valence-corrected chi connectivity index (χ0v) is 10.2. The van der Waals surface area contributed by atoms with Crippen molar-refractivity contribution in [3.05, 3.63) is 67.0 Å². The first-order valence-corrected chi connectivity index (χ1v) is 5.92. The van der Waals surface area contributed by atoms with Crippen molar-refractivity contribution in [1.29, 1.82) is 0 Å². The Morgan fingerprint density at radius 3 is 2.67 bits per heavy atom. The first-order valence-electron chi connectivity index (χ1n) is 5.92. The minimum absolute atomic E-state index is 0.880. The second kappa shape index (κ2) is 4.49. The van der Waals surface area contributed by atoms with Gasteiger partial charge in [0.25, 0.3) is 0 Å². The smallest absolute Gasteiger partial charge is 0.218 e. The molecular weight excluding hydrogens is 222 g/mol. The molecule has 0 aliphatic rings. The predicted octanol–water partition coefficient (Wildman–Crippen LogP) is 3.10. The fourth-order valence-corrected chi connectivity index (χ4v) is 2.17. The van der Waals surface area contributed by atoms with Gasteiger partial charge in [0.1, 0.15) is 5.75 Å². The first-order chi connectivity index (χ1) is 8.88. The molecule has 0 bridgehead atoms. The van der Waals surface area contributed by atoms with E-state index in [1.165, 1.54) is 16.6 Å². The average Bonchev–Trinajstić information content (AvgIpc) is 2.47. The highest BCUT2D eigenvalue weighted by molar-refractivity contribution is 5.77. The summed E-state index contributed by atoms with van der Waals surface area (Å²) in [5.41, 5.74) is 3.56. The number of aromatic nitrogens is 1. The zero-order chi connectivity index (χ0) is 12.4. The molecule has 0 atom stereocenters. The summed E-state index contributed by atoms with van der Waals surface area (Å²) >= 11 is 0. The Morgan fingerprint density at radius 1 is 0.889 bits per heavy atom. The summed E-state index contributed by atoms with van der Waals surface area (Å²) in [5.74, 6) is 0.880. The number of hydrogen-bond donors (Lipinski definition) is 0. The molecule has 0 amide bonds. The second-order valence-electron chi connectivity index (χ2n) is 4.15. The van der Waals surface area contributed by atoms with Gasteiger partial charge in [-0.1, -0.05) is 12.1 Å². The lowest BCUT2D eigenvalue weighted by Crippen LogP contribution is -2.20. The lowest BCUT2D eigenvalue weighted by molar-refractivity contribution is -0.511. The standard InChI is InChI=1S/C16H14NO/c1-18-14-7-4-6-13(12-14)15-8-5-11-17-10-3-2-9-16(15)17/h2-12H,1H3/q+1. The molecule has 3 rings (SSSR count). The van der Waals surface area contributed by atoms with Crippen LogP contribution < -0.4 is 9.14 Å². The van der Waals surface area contributed by atoms with Crippen molar-refractivity contribution in [2.75, 3.05) is 7.11 Å². The van der Waals surface area contributed by atoms with E-state index in [0.717, 1.165) is 5.75 Å². The number of rotatable bonds is 2. The second-order valence-corrected chi connectivity index (χ2v) is 4.15. The van der Waals surface area contributed by atoms with Gasteiger partial charge in [0, 0.05) is 18.2 Å². The summed E-state index contributed by atoms with van der Waals surface area (Å²) in [6.45, 7) is 0. The van der Waals surface area contributed by atoms with Gasteiger partial charge in [0.15, 0.2) is 12.4 Å². The molecule has 0 unspecified atom stereocenters. The summed E-state index contributed by atoms with van der Waals surface area (Å²) in [5, 5.41) is 0. The predicted molar refractivity (Wildman–Crippen MR) is 71.6 cm³/mol. The molecule has 0 fully saturated rings. The molecular formula is C16H14NO+. The Morgan fingerprint density at radius 2 is 1.78 bits per heavy atom. The molecule has 0 N–H and O–H groups in total. The van der Waals surface area contributed by atoms with Gasteiger partial charge in [-0.15, -0.1) is 0 Å². The van der Waals surface area contributed by atoms with E-state index in [0.29, 0.717) is 0 Å². The summed E-state index contributed by atoms with van der Waals surface area (Å²) in [4.78, 5) is 0. The quantitative estimate of drug-likeness (QED) is 0.623. The molecule has 88 valence electrons. The maximum absolute atomic E-state index is 5.28. The Balaban J connectivity index is 2.24. The molecule has 0 aliphatic carbocycles. The Hall–Kier alpha value is -2.35. The summed E-state index contributed by atoms with van der Waals surface area (Å²) < 4.78 is 7.40. The molecule has 1 aromatic carbocycles. The highest BCUT2D eigenvalue weighted by Gasteiger charge is 2.09. The van der Waals surface area contributed by atoms with Crippen LogP contribution in [0.25, 0.3) is 16.6 Å². The molecule has 3 aromatic rings. The van der Waals surface area contributed by atoms with Gasteiger partial charge in [0.05, 0.1) is 12.7 Å². The fourth-order valence-electron chi connectivity index (χ4n) is 2.17. The van der Waals surface area contributed by atoms with Crippen LogP contribution in [0.4, 0.5) is 0 Å². The minimum atomic E-state index is 0.880. The first kappa shape index (κ1) is 10.8. The molecule has 0 aliphatic heterocycles. The Labute approximate surface area is 106 Å². The third kappa shape index (κ3) is 1.82. The molecule has 0 radical (unpaired) electrons. The van der Waals surface area contributed by atoms with E-state index in [-0.39, 0.29) is 0 Å². The van der Waals surface area contributed by atoms with E-state index in [9.17, 15) is 0 Å². The lowest BCUT2D eigenvalue weighted by Gasteiger charge is -2.04. The van der Waals surface area contributed by atoms with Gasteiger partial charge in [-0.2, -0.15) is 4.40 Å². The van der Waals surface area contributed by atoms with Gasteiger partial charge in [-0.3, -0.25) is 0 Å². The molecule has 0 saturated heterocycles. The molecule has 0 spiro atoms. The van der Waals surface area contributed by atoms with Crippen molar-refractivity contribution in [2.24, 2.45) is 0 Å². The van der Waals surface area contributed by atoms with E-state index >= 15 is 0 Å². The number of fused-ring (bicyclic) bond motifs is 1. The van der Waals surface area contributed by atoms with E-state index in [4.69, 9.17) is 4.74 Å². The van der Waals surface area contributed by atoms with Crippen molar-refractivity contribution in [2.45, 2.75) is 0 Å². The van der Waals surface area contributed by atoms with Crippen LogP contribution in [0.2, 0.25) is 0 Å². The monoisotopic (exact) mass is 236 g/mol. The summed E-state index contributed by atoms with van der Waals surface area (Å²) in [7, 11) is 1.69. The van der Waals surface area contributed by atoms with Crippen molar-refractivity contribution < 1.29 is 9.14 Å². The zero-order valence-electron chi connectivity index (χ0n) is 10.2. The summed E-state index contributed by atoms with van der Waals surface area (Å²) in [6.07, 6.45) is 4.11. The van der Waals surface area contributed by atoms with Crippen LogP contribution in [0.15, 0.2) is 67.0 Å². The van der Waals surface area contributed by atoms with Crippen LogP contribution in [-0.4, -0.2) is 7.11 Å². The van der Waals surface area contributed by atoms with Gasteiger partial charge < -0.3 is 4.74 Å². The maximum Gasteiger partial charge on any atom is 0.218 e.